The number of aryl methyl sites for hydroxylation is 2. The van der Waals surface area contributed by atoms with Crippen molar-refractivity contribution in [3.63, 3.8) is 0 Å². The molecule has 0 aliphatic heterocycles. The van der Waals surface area contributed by atoms with Crippen LogP contribution in [-0.2, 0) is 6.42 Å². The number of fused-ring (bicyclic) bond motifs is 1. The fourth-order valence-electron chi connectivity index (χ4n) is 2.83. The summed E-state index contributed by atoms with van der Waals surface area (Å²) in [6, 6.07) is 8.41. The summed E-state index contributed by atoms with van der Waals surface area (Å²) in [5, 5.41) is 4.26. The maximum atomic E-state index is 6.32. The van der Waals surface area contributed by atoms with Crippen molar-refractivity contribution in [2.75, 3.05) is 11.1 Å². The quantitative estimate of drug-likeness (QED) is 0.817. The van der Waals surface area contributed by atoms with Gasteiger partial charge in [-0.25, -0.2) is 0 Å². The second-order valence-corrected chi connectivity index (χ2v) is 5.68. The van der Waals surface area contributed by atoms with Gasteiger partial charge in [0.05, 0.1) is 22.4 Å². The summed E-state index contributed by atoms with van der Waals surface area (Å²) in [5.41, 5.74) is 11.2. The first-order valence-corrected chi connectivity index (χ1v) is 7.29. The van der Waals surface area contributed by atoms with Crippen LogP contribution in [0.15, 0.2) is 30.5 Å². The van der Waals surface area contributed by atoms with Gasteiger partial charge in [0.15, 0.2) is 0 Å². The Hall–Kier alpha value is -1.74. The van der Waals surface area contributed by atoms with Crippen molar-refractivity contribution in [2.24, 2.45) is 0 Å². The number of hydrogen-bond acceptors (Lipinski definition) is 3. The fraction of sp³-hybridized carbons (Fsp3) is 0.312. The van der Waals surface area contributed by atoms with Gasteiger partial charge in [-0.05, 0) is 55.5 Å². The van der Waals surface area contributed by atoms with Crippen LogP contribution >= 0.6 is 11.6 Å². The van der Waals surface area contributed by atoms with Crippen LogP contribution < -0.4 is 11.1 Å². The SMILES string of the molecule is Cc1nccc(NC2CCCc3cc(N)ccc32)c1Cl. The first kappa shape index (κ1) is 13.3. The second kappa shape index (κ2) is 5.33. The minimum atomic E-state index is 0.290. The number of rotatable bonds is 2. The van der Waals surface area contributed by atoms with Crippen molar-refractivity contribution in [3.05, 3.63) is 52.3 Å². The first-order valence-electron chi connectivity index (χ1n) is 6.91. The molecule has 2 aromatic rings. The van der Waals surface area contributed by atoms with Crippen LogP contribution in [0.2, 0.25) is 5.02 Å². The summed E-state index contributed by atoms with van der Waals surface area (Å²) >= 11 is 6.32. The minimum Gasteiger partial charge on any atom is -0.399 e. The molecule has 1 heterocycles. The van der Waals surface area contributed by atoms with Gasteiger partial charge >= 0.3 is 0 Å². The number of halogens is 1. The Balaban J connectivity index is 1.91. The number of aromatic nitrogens is 1. The molecule has 3 rings (SSSR count). The molecule has 1 aromatic carbocycles. The zero-order chi connectivity index (χ0) is 14.1. The van der Waals surface area contributed by atoms with Crippen LogP contribution in [0.25, 0.3) is 0 Å². The molecule has 1 aromatic heterocycles. The molecular formula is C16H18ClN3. The highest BCUT2D eigenvalue weighted by molar-refractivity contribution is 6.33. The number of nitrogens with two attached hydrogens (primary N) is 1. The molecule has 1 atom stereocenters. The third-order valence-corrected chi connectivity index (χ3v) is 4.35. The van der Waals surface area contributed by atoms with Crippen molar-refractivity contribution in [1.29, 1.82) is 0 Å². The monoisotopic (exact) mass is 287 g/mol. The van der Waals surface area contributed by atoms with Gasteiger partial charge in [0.2, 0.25) is 0 Å². The van der Waals surface area contributed by atoms with E-state index in [1.165, 1.54) is 11.1 Å². The molecule has 4 heteroatoms. The smallest absolute Gasteiger partial charge is 0.0849 e. The van der Waals surface area contributed by atoms with Crippen molar-refractivity contribution < 1.29 is 0 Å². The predicted molar refractivity (Wildman–Crippen MR) is 84.1 cm³/mol. The molecule has 1 unspecified atom stereocenters. The molecular weight excluding hydrogens is 270 g/mol. The van der Waals surface area contributed by atoms with Crippen LogP contribution in [-0.4, -0.2) is 4.98 Å². The molecule has 3 nitrogen and oxygen atoms in total. The first-order chi connectivity index (χ1) is 9.65. The Labute approximate surface area is 124 Å². The van der Waals surface area contributed by atoms with Crippen LogP contribution in [0.1, 0.15) is 35.7 Å². The van der Waals surface area contributed by atoms with Gasteiger partial charge in [-0.3, -0.25) is 4.98 Å². The topological polar surface area (TPSA) is 50.9 Å². The average Bonchev–Trinajstić information content (AvgIpc) is 2.44. The van der Waals surface area contributed by atoms with Crippen molar-refractivity contribution in [1.82, 2.24) is 4.98 Å². The predicted octanol–water partition coefficient (Wildman–Crippen LogP) is 4.12. The molecule has 0 bridgehead atoms. The Kier molecular flexibility index (Phi) is 3.53. The summed E-state index contributed by atoms with van der Waals surface area (Å²) in [7, 11) is 0. The summed E-state index contributed by atoms with van der Waals surface area (Å²) < 4.78 is 0. The highest BCUT2D eigenvalue weighted by Crippen LogP contribution is 2.35. The lowest BCUT2D eigenvalue weighted by Gasteiger charge is -2.28. The van der Waals surface area contributed by atoms with Gasteiger partial charge in [0, 0.05) is 11.9 Å². The summed E-state index contributed by atoms with van der Waals surface area (Å²) in [5.74, 6) is 0. The van der Waals surface area contributed by atoms with Crippen LogP contribution in [0.4, 0.5) is 11.4 Å². The third-order valence-electron chi connectivity index (χ3n) is 3.87. The summed E-state index contributed by atoms with van der Waals surface area (Å²) in [6.45, 7) is 1.92. The maximum absolute atomic E-state index is 6.32. The lowest BCUT2D eigenvalue weighted by molar-refractivity contribution is 0.600. The lowest BCUT2D eigenvalue weighted by atomic mass is 9.87. The summed E-state index contributed by atoms with van der Waals surface area (Å²) in [6.07, 6.45) is 5.16. The molecule has 0 radical (unpaired) electrons. The number of hydrogen-bond donors (Lipinski definition) is 2. The molecule has 0 saturated carbocycles. The number of pyridine rings is 1. The van der Waals surface area contributed by atoms with Crippen LogP contribution in [0, 0.1) is 6.92 Å². The zero-order valence-corrected chi connectivity index (χ0v) is 12.2. The standard InChI is InChI=1S/C16H18ClN3/c1-10-16(17)15(7-8-19-10)20-14-4-2-3-11-9-12(18)5-6-13(11)14/h5-9,14H,2-4,18H2,1H3,(H,19,20). The fourth-order valence-corrected chi connectivity index (χ4v) is 3.00. The Morgan fingerprint density at radius 3 is 3.05 bits per heavy atom. The zero-order valence-electron chi connectivity index (χ0n) is 11.5. The molecule has 0 spiro atoms. The third kappa shape index (κ3) is 2.46. The van der Waals surface area contributed by atoms with Gasteiger partial charge in [-0.2, -0.15) is 0 Å². The molecule has 1 aliphatic rings. The number of anilines is 2. The van der Waals surface area contributed by atoms with E-state index in [1.807, 2.05) is 19.1 Å². The van der Waals surface area contributed by atoms with E-state index >= 15 is 0 Å². The van der Waals surface area contributed by atoms with Gasteiger partial charge in [-0.1, -0.05) is 17.7 Å². The Morgan fingerprint density at radius 1 is 1.35 bits per heavy atom. The van der Waals surface area contributed by atoms with E-state index in [9.17, 15) is 0 Å². The van der Waals surface area contributed by atoms with E-state index in [0.717, 1.165) is 36.3 Å². The van der Waals surface area contributed by atoms with E-state index in [4.69, 9.17) is 17.3 Å². The van der Waals surface area contributed by atoms with Gasteiger partial charge in [-0.15, -0.1) is 0 Å². The number of nitrogens with zero attached hydrogens (tertiary/aromatic N) is 1. The average molecular weight is 288 g/mol. The van der Waals surface area contributed by atoms with Gasteiger partial charge < -0.3 is 11.1 Å². The van der Waals surface area contributed by atoms with E-state index < -0.39 is 0 Å². The summed E-state index contributed by atoms with van der Waals surface area (Å²) in [4.78, 5) is 4.20. The minimum absolute atomic E-state index is 0.290. The van der Waals surface area contributed by atoms with Crippen LogP contribution in [0.3, 0.4) is 0 Å². The van der Waals surface area contributed by atoms with E-state index in [1.54, 1.807) is 6.20 Å². The molecule has 0 fully saturated rings. The van der Waals surface area contributed by atoms with E-state index in [0.29, 0.717) is 11.1 Å². The lowest BCUT2D eigenvalue weighted by Crippen LogP contribution is -2.18. The van der Waals surface area contributed by atoms with E-state index in [2.05, 4.69) is 22.4 Å². The van der Waals surface area contributed by atoms with Crippen LogP contribution in [0.5, 0.6) is 0 Å². The number of benzene rings is 1. The van der Waals surface area contributed by atoms with Crippen molar-refractivity contribution in [3.8, 4) is 0 Å². The molecule has 20 heavy (non-hydrogen) atoms. The highest BCUT2D eigenvalue weighted by atomic mass is 35.5. The van der Waals surface area contributed by atoms with E-state index in [-0.39, 0.29) is 0 Å². The largest absolute Gasteiger partial charge is 0.399 e. The highest BCUT2D eigenvalue weighted by Gasteiger charge is 2.21. The maximum Gasteiger partial charge on any atom is 0.0849 e. The van der Waals surface area contributed by atoms with Crippen molar-refractivity contribution in [2.45, 2.75) is 32.2 Å². The molecule has 104 valence electrons. The Bertz CT molecular complexity index is 640. The number of nitrogens with one attached hydrogen (secondary N) is 1. The second-order valence-electron chi connectivity index (χ2n) is 5.31. The van der Waals surface area contributed by atoms with Crippen molar-refractivity contribution >= 4 is 23.0 Å². The normalized spacial score (nSPS) is 17.6. The Morgan fingerprint density at radius 2 is 2.20 bits per heavy atom. The number of nitrogen functional groups attached to an aromatic ring is 1. The molecule has 0 amide bonds. The van der Waals surface area contributed by atoms with Gasteiger partial charge in [0.1, 0.15) is 0 Å². The molecule has 3 N–H and O–H groups in total. The molecule has 0 saturated heterocycles. The molecule has 1 aliphatic carbocycles. The van der Waals surface area contributed by atoms with Gasteiger partial charge in [0.25, 0.3) is 0 Å².